The van der Waals surface area contributed by atoms with Crippen LogP contribution in [0, 0.1) is 6.92 Å². The van der Waals surface area contributed by atoms with Crippen molar-refractivity contribution < 1.29 is 0 Å². The van der Waals surface area contributed by atoms with Gasteiger partial charge in [-0.2, -0.15) is 0 Å². The van der Waals surface area contributed by atoms with Gasteiger partial charge in [0.1, 0.15) is 0 Å². The van der Waals surface area contributed by atoms with E-state index >= 15 is 0 Å². The lowest BCUT2D eigenvalue weighted by Crippen LogP contribution is -2.36. The maximum atomic E-state index is 4.28. The maximum Gasteiger partial charge on any atom is 0.0447 e. The maximum absolute atomic E-state index is 4.28. The number of nitrogens with zero attached hydrogens (tertiary/aromatic N) is 1. The molecule has 2 heteroatoms. The molecule has 0 aliphatic carbocycles. The highest BCUT2D eigenvalue weighted by atomic mass is 15.0. The molecule has 0 saturated carbocycles. The Bertz CT molecular complexity index is 314. The molecule has 14 heavy (non-hydrogen) atoms. The smallest absolute Gasteiger partial charge is 0.0447 e. The zero-order valence-corrected chi connectivity index (χ0v) is 9.01. The van der Waals surface area contributed by atoms with Crippen molar-refractivity contribution in [3.8, 4) is 0 Å². The van der Waals surface area contributed by atoms with Gasteiger partial charge in [-0.05, 0) is 43.9 Å². The standard InChI is InChI=1S/C12H18N2/c1-3-12(5-4-6-14-12)11-7-10(2)8-13-9-11/h7-9,14H,3-6H2,1-2H3. The monoisotopic (exact) mass is 190 g/mol. The lowest BCUT2D eigenvalue weighted by molar-refractivity contribution is 0.374. The molecule has 2 rings (SSSR count). The number of hydrogen-bond acceptors (Lipinski definition) is 2. The van der Waals surface area contributed by atoms with Gasteiger partial charge in [0.15, 0.2) is 0 Å². The van der Waals surface area contributed by atoms with Gasteiger partial charge in [-0.15, -0.1) is 0 Å². The molecular formula is C12H18N2. The van der Waals surface area contributed by atoms with Gasteiger partial charge >= 0.3 is 0 Å². The molecule has 1 aliphatic heterocycles. The van der Waals surface area contributed by atoms with Crippen LogP contribution in [0.2, 0.25) is 0 Å². The first-order valence-electron chi connectivity index (χ1n) is 5.44. The van der Waals surface area contributed by atoms with Crippen LogP contribution >= 0.6 is 0 Å². The van der Waals surface area contributed by atoms with Crippen LogP contribution in [0.3, 0.4) is 0 Å². The van der Waals surface area contributed by atoms with E-state index in [-0.39, 0.29) is 5.54 Å². The molecule has 1 saturated heterocycles. The zero-order valence-electron chi connectivity index (χ0n) is 9.01. The van der Waals surface area contributed by atoms with Crippen molar-refractivity contribution in [3.63, 3.8) is 0 Å². The minimum atomic E-state index is 0.207. The Labute approximate surface area is 85.7 Å². The van der Waals surface area contributed by atoms with Crippen LogP contribution in [0.25, 0.3) is 0 Å². The van der Waals surface area contributed by atoms with Gasteiger partial charge in [0.2, 0.25) is 0 Å². The van der Waals surface area contributed by atoms with E-state index in [4.69, 9.17) is 0 Å². The Balaban J connectivity index is 2.35. The molecule has 0 bridgehead atoms. The second-order valence-corrected chi connectivity index (χ2v) is 4.22. The van der Waals surface area contributed by atoms with Crippen molar-refractivity contribution in [2.24, 2.45) is 0 Å². The summed E-state index contributed by atoms with van der Waals surface area (Å²) in [6.45, 7) is 5.50. The fourth-order valence-corrected chi connectivity index (χ4v) is 2.38. The van der Waals surface area contributed by atoms with E-state index in [9.17, 15) is 0 Å². The summed E-state index contributed by atoms with van der Waals surface area (Å²) in [7, 11) is 0. The Morgan fingerprint density at radius 1 is 1.50 bits per heavy atom. The predicted octanol–water partition coefficient (Wildman–Crippen LogP) is 2.38. The summed E-state index contributed by atoms with van der Waals surface area (Å²) in [6.07, 6.45) is 7.60. The molecule has 1 aromatic heterocycles. The van der Waals surface area contributed by atoms with Gasteiger partial charge in [-0.25, -0.2) is 0 Å². The average molecular weight is 190 g/mol. The van der Waals surface area contributed by atoms with E-state index in [1.165, 1.54) is 24.0 Å². The van der Waals surface area contributed by atoms with E-state index < -0.39 is 0 Å². The van der Waals surface area contributed by atoms with Crippen molar-refractivity contribution in [1.29, 1.82) is 0 Å². The van der Waals surface area contributed by atoms with Crippen molar-refractivity contribution in [2.75, 3.05) is 6.54 Å². The highest BCUT2D eigenvalue weighted by Gasteiger charge is 2.33. The molecule has 1 aliphatic rings. The zero-order chi connectivity index (χ0) is 10.0. The third-order valence-corrected chi connectivity index (χ3v) is 3.27. The molecule has 1 unspecified atom stereocenters. The summed E-state index contributed by atoms with van der Waals surface area (Å²) in [5, 5.41) is 3.62. The highest BCUT2D eigenvalue weighted by molar-refractivity contribution is 5.26. The SMILES string of the molecule is CCC1(c2cncc(C)c2)CCCN1. The second-order valence-electron chi connectivity index (χ2n) is 4.22. The quantitative estimate of drug-likeness (QED) is 0.774. The third-order valence-electron chi connectivity index (χ3n) is 3.27. The first-order chi connectivity index (χ1) is 6.77. The molecule has 0 aromatic carbocycles. The lowest BCUT2D eigenvalue weighted by atomic mass is 9.86. The summed E-state index contributed by atoms with van der Waals surface area (Å²) >= 11 is 0. The summed E-state index contributed by atoms with van der Waals surface area (Å²) in [5.74, 6) is 0. The predicted molar refractivity (Wildman–Crippen MR) is 58.2 cm³/mol. The molecule has 0 spiro atoms. The van der Waals surface area contributed by atoms with Gasteiger partial charge in [-0.3, -0.25) is 4.98 Å². The molecule has 1 N–H and O–H groups in total. The van der Waals surface area contributed by atoms with E-state index in [1.807, 2.05) is 12.4 Å². The van der Waals surface area contributed by atoms with Crippen LogP contribution in [0.5, 0.6) is 0 Å². The van der Waals surface area contributed by atoms with E-state index in [0.717, 1.165) is 13.0 Å². The largest absolute Gasteiger partial charge is 0.307 e. The van der Waals surface area contributed by atoms with Crippen LogP contribution in [0.15, 0.2) is 18.5 Å². The molecular weight excluding hydrogens is 172 g/mol. The number of hydrogen-bond donors (Lipinski definition) is 1. The molecule has 0 amide bonds. The summed E-state index contributed by atoms with van der Waals surface area (Å²) < 4.78 is 0. The molecule has 1 fully saturated rings. The second kappa shape index (κ2) is 3.70. The number of aromatic nitrogens is 1. The first kappa shape index (κ1) is 9.66. The van der Waals surface area contributed by atoms with E-state index in [0.29, 0.717) is 0 Å². The van der Waals surface area contributed by atoms with Crippen LogP contribution in [-0.4, -0.2) is 11.5 Å². The van der Waals surface area contributed by atoms with Crippen molar-refractivity contribution in [1.82, 2.24) is 10.3 Å². The summed E-state index contributed by atoms with van der Waals surface area (Å²) in [4.78, 5) is 4.28. The molecule has 1 atom stereocenters. The number of aryl methyl sites for hydroxylation is 1. The molecule has 1 aromatic rings. The normalized spacial score (nSPS) is 26.7. The fourth-order valence-electron chi connectivity index (χ4n) is 2.38. The first-order valence-corrected chi connectivity index (χ1v) is 5.44. The fraction of sp³-hybridized carbons (Fsp3) is 0.583. The van der Waals surface area contributed by atoms with Gasteiger partial charge in [0.25, 0.3) is 0 Å². The molecule has 76 valence electrons. The Kier molecular flexibility index (Phi) is 2.55. The van der Waals surface area contributed by atoms with E-state index in [2.05, 4.69) is 30.2 Å². The van der Waals surface area contributed by atoms with Gasteiger partial charge in [0, 0.05) is 17.9 Å². The van der Waals surface area contributed by atoms with Gasteiger partial charge in [0.05, 0.1) is 0 Å². The topological polar surface area (TPSA) is 24.9 Å². The average Bonchev–Trinajstić information content (AvgIpc) is 2.67. The van der Waals surface area contributed by atoms with E-state index in [1.54, 1.807) is 0 Å². The molecule has 2 heterocycles. The minimum Gasteiger partial charge on any atom is -0.307 e. The number of rotatable bonds is 2. The molecule has 2 nitrogen and oxygen atoms in total. The minimum absolute atomic E-state index is 0.207. The highest BCUT2D eigenvalue weighted by Crippen LogP contribution is 2.33. The van der Waals surface area contributed by atoms with Crippen LogP contribution in [-0.2, 0) is 5.54 Å². The Hall–Kier alpha value is -0.890. The lowest BCUT2D eigenvalue weighted by Gasteiger charge is -2.28. The van der Waals surface area contributed by atoms with Crippen LogP contribution < -0.4 is 5.32 Å². The van der Waals surface area contributed by atoms with Crippen molar-refractivity contribution in [2.45, 2.75) is 38.6 Å². The summed E-state index contributed by atoms with van der Waals surface area (Å²) in [6, 6.07) is 2.26. The number of pyridine rings is 1. The van der Waals surface area contributed by atoms with Crippen molar-refractivity contribution in [3.05, 3.63) is 29.6 Å². The number of nitrogens with one attached hydrogen (secondary N) is 1. The van der Waals surface area contributed by atoms with Crippen LogP contribution in [0.4, 0.5) is 0 Å². The van der Waals surface area contributed by atoms with Gasteiger partial charge in [-0.1, -0.05) is 13.0 Å². The summed E-state index contributed by atoms with van der Waals surface area (Å²) in [5.41, 5.74) is 2.82. The Morgan fingerprint density at radius 3 is 2.93 bits per heavy atom. The van der Waals surface area contributed by atoms with Gasteiger partial charge < -0.3 is 5.32 Å². The van der Waals surface area contributed by atoms with Crippen LogP contribution in [0.1, 0.15) is 37.3 Å². The third kappa shape index (κ3) is 1.55. The van der Waals surface area contributed by atoms with Crippen molar-refractivity contribution >= 4 is 0 Å². The Morgan fingerprint density at radius 2 is 2.36 bits per heavy atom. The molecule has 0 radical (unpaired) electrons.